The van der Waals surface area contributed by atoms with Crippen LogP contribution in [0.1, 0.15) is 258 Å². The molecule has 0 aliphatic heterocycles. The maximum atomic E-state index is 12.8. The molecule has 0 spiro atoms. The lowest BCUT2D eigenvalue weighted by Crippen LogP contribution is -2.30. The first kappa shape index (κ1) is 60.9. The third-order valence-corrected chi connectivity index (χ3v) is 11.5. The van der Waals surface area contributed by atoms with Crippen molar-refractivity contribution in [3.05, 3.63) is 72.9 Å². The molecule has 0 N–H and O–H groups in total. The number of unbranched alkanes of at least 4 members (excludes halogenated alkanes) is 28. The molecule has 0 aromatic rings. The highest BCUT2D eigenvalue weighted by atomic mass is 16.6. The molecule has 0 heterocycles. The van der Waals surface area contributed by atoms with Gasteiger partial charge in [0.25, 0.3) is 0 Å². The monoisotopic (exact) mass is 893 g/mol. The summed E-state index contributed by atoms with van der Waals surface area (Å²) in [6.07, 6.45) is 65.9. The number of ether oxygens (including phenoxy) is 3. The van der Waals surface area contributed by atoms with Crippen molar-refractivity contribution in [1.29, 1.82) is 0 Å². The number of allylic oxidation sites excluding steroid dienone is 12. The minimum atomic E-state index is -0.787. The van der Waals surface area contributed by atoms with Crippen molar-refractivity contribution in [3.8, 4) is 0 Å². The molecule has 0 fully saturated rings. The molecule has 0 bridgehead atoms. The summed E-state index contributed by atoms with van der Waals surface area (Å²) in [7, 11) is 0. The van der Waals surface area contributed by atoms with Gasteiger partial charge in [-0.25, -0.2) is 0 Å². The van der Waals surface area contributed by atoms with Crippen LogP contribution < -0.4 is 0 Å². The second-order valence-electron chi connectivity index (χ2n) is 17.9. The molecule has 0 radical (unpaired) electrons. The predicted molar refractivity (Wildman–Crippen MR) is 274 cm³/mol. The van der Waals surface area contributed by atoms with E-state index < -0.39 is 6.10 Å². The summed E-state index contributed by atoms with van der Waals surface area (Å²) < 4.78 is 16.8. The van der Waals surface area contributed by atoms with Gasteiger partial charge in [-0.1, -0.05) is 235 Å². The molecule has 0 saturated carbocycles. The van der Waals surface area contributed by atoms with E-state index in [0.717, 1.165) is 96.3 Å². The maximum absolute atomic E-state index is 12.8. The third-order valence-electron chi connectivity index (χ3n) is 11.5. The largest absolute Gasteiger partial charge is 0.462 e. The fourth-order valence-corrected chi connectivity index (χ4v) is 7.43. The lowest BCUT2D eigenvalue weighted by atomic mass is 10.1. The fraction of sp³-hybridized carbons (Fsp3) is 0.741. The number of rotatable bonds is 48. The van der Waals surface area contributed by atoms with E-state index in [4.69, 9.17) is 14.2 Å². The first-order valence-corrected chi connectivity index (χ1v) is 27.0. The maximum Gasteiger partial charge on any atom is 0.306 e. The molecule has 1 unspecified atom stereocenters. The Morgan fingerprint density at radius 3 is 1.03 bits per heavy atom. The summed E-state index contributed by atoms with van der Waals surface area (Å²) in [5.74, 6) is -0.913. The van der Waals surface area contributed by atoms with Crippen LogP contribution in [0.15, 0.2) is 72.9 Å². The van der Waals surface area contributed by atoms with E-state index in [-0.39, 0.29) is 31.1 Å². The molecular formula is C58H100O6. The van der Waals surface area contributed by atoms with E-state index in [2.05, 4.69) is 93.7 Å². The minimum Gasteiger partial charge on any atom is -0.462 e. The van der Waals surface area contributed by atoms with Crippen molar-refractivity contribution in [2.45, 2.75) is 264 Å². The van der Waals surface area contributed by atoms with Gasteiger partial charge in [-0.2, -0.15) is 0 Å². The van der Waals surface area contributed by atoms with Gasteiger partial charge in [0, 0.05) is 19.3 Å². The molecule has 1 atom stereocenters. The van der Waals surface area contributed by atoms with Gasteiger partial charge in [0.2, 0.25) is 0 Å². The summed E-state index contributed by atoms with van der Waals surface area (Å²) in [4.78, 5) is 38.0. The van der Waals surface area contributed by atoms with E-state index >= 15 is 0 Å². The number of esters is 3. The molecule has 6 nitrogen and oxygen atoms in total. The molecule has 0 aliphatic rings. The molecule has 6 heteroatoms. The van der Waals surface area contributed by atoms with Gasteiger partial charge in [-0.3, -0.25) is 14.4 Å². The van der Waals surface area contributed by atoms with Gasteiger partial charge < -0.3 is 14.2 Å². The molecular weight excluding hydrogens is 793 g/mol. The molecule has 0 saturated heterocycles. The first-order chi connectivity index (χ1) is 31.5. The summed E-state index contributed by atoms with van der Waals surface area (Å²) in [5, 5.41) is 0. The number of hydrogen-bond acceptors (Lipinski definition) is 6. The topological polar surface area (TPSA) is 78.9 Å². The molecule has 64 heavy (non-hydrogen) atoms. The zero-order valence-electron chi connectivity index (χ0n) is 42.0. The van der Waals surface area contributed by atoms with E-state index in [0.29, 0.717) is 19.3 Å². The summed E-state index contributed by atoms with van der Waals surface area (Å²) in [5.41, 5.74) is 0. The highest BCUT2D eigenvalue weighted by Crippen LogP contribution is 2.15. The molecule has 0 aromatic heterocycles. The minimum absolute atomic E-state index is 0.0850. The van der Waals surface area contributed by atoms with Gasteiger partial charge in [-0.05, 0) is 77.0 Å². The Morgan fingerprint density at radius 2 is 0.625 bits per heavy atom. The number of carbonyl (C=O) groups is 3. The van der Waals surface area contributed by atoms with E-state index in [1.165, 1.54) is 122 Å². The van der Waals surface area contributed by atoms with Gasteiger partial charge in [0.05, 0.1) is 0 Å². The van der Waals surface area contributed by atoms with E-state index in [1.54, 1.807) is 0 Å². The van der Waals surface area contributed by atoms with Crippen LogP contribution in [0.2, 0.25) is 0 Å². The average Bonchev–Trinajstić information content (AvgIpc) is 3.29. The van der Waals surface area contributed by atoms with Crippen molar-refractivity contribution < 1.29 is 28.6 Å². The number of carbonyl (C=O) groups excluding carboxylic acids is 3. The lowest BCUT2D eigenvalue weighted by molar-refractivity contribution is -0.167. The molecule has 368 valence electrons. The molecule has 0 rings (SSSR count). The summed E-state index contributed by atoms with van der Waals surface area (Å²) >= 11 is 0. The van der Waals surface area contributed by atoms with E-state index in [1.807, 2.05) is 0 Å². The quantitative estimate of drug-likeness (QED) is 0.0199. The predicted octanol–water partition coefficient (Wildman–Crippen LogP) is 17.8. The van der Waals surface area contributed by atoms with Crippen LogP contribution in [-0.2, 0) is 28.6 Å². The summed E-state index contributed by atoms with van der Waals surface area (Å²) in [6, 6.07) is 0. The Labute approximate surface area is 395 Å². The SMILES string of the molecule is CCCCC\C=C/C=C\C=C/C=C\CCCCCCCC(=O)OCC(COC(=O)CCCCCCCCCCCCC)OC(=O)CCCCCCCCC/C=C\C/C=C\CCCCC. The van der Waals surface area contributed by atoms with Crippen LogP contribution in [0.4, 0.5) is 0 Å². The van der Waals surface area contributed by atoms with E-state index in [9.17, 15) is 14.4 Å². The van der Waals surface area contributed by atoms with Crippen molar-refractivity contribution in [2.75, 3.05) is 13.2 Å². The van der Waals surface area contributed by atoms with Crippen LogP contribution in [-0.4, -0.2) is 37.2 Å². The zero-order chi connectivity index (χ0) is 46.5. The Morgan fingerprint density at radius 1 is 0.328 bits per heavy atom. The van der Waals surface area contributed by atoms with Crippen LogP contribution in [0, 0.1) is 0 Å². The summed E-state index contributed by atoms with van der Waals surface area (Å²) in [6.45, 7) is 6.55. The normalized spacial score (nSPS) is 12.6. The first-order valence-electron chi connectivity index (χ1n) is 27.0. The molecule has 0 aliphatic carbocycles. The highest BCUT2D eigenvalue weighted by Gasteiger charge is 2.19. The van der Waals surface area contributed by atoms with Gasteiger partial charge in [0.1, 0.15) is 13.2 Å². The Hall–Kier alpha value is -3.15. The van der Waals surface area contributed by atoms with Crippen LogP contribution in [0.25, 0.3) is 0 Å². The Balaban J connectivity index is 4.42. The Bertz CT molecular complexity index is 1210. The lowest BCUT2D eigenvalue weighted by Gasteiger charge is -2.18. The smallest absolute Gasteiger partial charge is 0.306 e. The van der Waals surface area contributed by atoms with Crippen molar-refractivity contribution in [3.63, 3.8) is 0 Å². The van der Waals surface area contributed by atoms with Crippen molar-refractivity contribution in [1.82, 2.24) is 0 Å². The zero-order valence-corrected chi connectivity index (χ0v) is 42.0. The van der Waals surface area contributed by atoms with Gasteiger partial charge in [-0.15, -0.1) is 0 Å². The van der Waals surface area contributed by atoms with Crippen LogP contribution in [0.5, 0.6) is 0 Å². The third kappa shape index (κ3) is 49.9. The fourth-order valence-electron chi connectivity index (χ4n) is 7.43. The molecule has 0 aromatic carbocycles. The highest BCUT2D eigenvalue weighted by molar-refractivity contribution is 5.71. The van der Waals surface area contributed by atoms with Crippen LogP contribution >= 0.6 is 0 Å². The average molecular weight is 893 g/mol. The second kappa shape index (κ2) is 52.5. The van der Waals surface area contributed by atoms with Crippen molar-refractivity contribution >= 4 is 17.9 Å². The second-order valence-corrected chi connectivity index (χ2v) is 17.9. The molecule has 0 amide bonds. The Kier molecular flexibility index (Phi) is 49.9. The van der Waals surface area contributed by atoms with Crippen LogP contribution in [0.3, 0.4) is 0 Å². The van der Waals surface area contributed by atoms with Crippen molar-refractivity contribution in [2.24, 2.45) is 0 Å². The van der Waals surface area contributed by atoms with Gasteiger partial charge in [0.15, 0.2) is 6.10 Å². The standard InChI is InChI=1S/C58H100O6/c1-4-7-10-13-16-19-22-24-26-28-30-31-33-36-39-42-45-48-51-57(60)63-54-55(53-62-56(59)50-47-44-41-38-35-21-18-15-12-9-6-3)64-58(61)52-49-46-43-40-37-34-32-29-27-25-23-20-17-14-11-8-5-2/h16-17,19-20,22,24-28,30-31,55H,4-15,18,21,23,29,32-54H2,1-3H3/b19-16-,20-17-,24-22-,27-25-,28-26-,31-30-. The number of hydrogen-bond donors (Lipinski definition) is 0. The van der Waals surface area contributed by atoms with Gasteiger partial charge >= 0.3 is 17.9 Å².